The highest BCUT2D eigenvalue weighted by Crippen LogP contribution is 2.30. The average molecular weight is 281 g/mol. The number of ether oxygens (including phenoxy) is 1. The maximum Gasteiger partial charge on any atom is 0.258 e. The quantitative estimate of drug-likeness (QED) is 0.934. The Bertz CT molecular complexity index is 651. The molecule has 3 rings (SSSR count). The summed E-state index contributed by atoms with van der Waals surface area (Å²) in [5, 5.41) is 3.06. The van der Waals surface area contributed by atoms with E-state index in [1.54, 1.807) is 0 Å². The van der Waals surface area contributed by atoms with Gasteiger partial charge in [0.15, 0.2) is 6.61 Å². The number of hydrogen-bond donors (Lipinski definition) is 1. The van der Waals surface area contributed by atoms with E-state index in [0.29, 0.717) is 0 Å². The minimum absolute atomic E-state index is 0.0577. The number of carbonyl (C=O) groups excluding carboxylic acids is 1. The smallest absolute Gasteiger partial charge is 0.258 e. The first kappa shape index (κ1) is 13.7. The van der Waals surface area contributed by atoms with E-state index in [9.17, 15) is 4.79 Å². The first-order chi connectivity index (χ1) is 10.2. The van der Waals surface area contributed by atoms with Crippen LogP contribution in [-0.4, -0.2) is 12.5 Å². The fourth-order valence-electron chi connectivity index (χ4n) is 2.80. The van der Waals surface area contributed by atoms with Crippen molar-refractivity contribution in [3.8, 4) is 5.75 Å². The minimum Gasteiger partial charge on any atom is -0.484 e. The molecule has 0 saturated heterocycles. The fraction of sp³-hybridized carbons (Fsp3) is 0.278. The van der Waals surface area contributed by atoms with Crippen LogP contribution in [0.4, 0.5) is 0 Å². The van der Waals surface area contributed by atoms with E-state index in [0.717, 1.165) is 24.2 Å². The van der Waals surface area contributed by atoms with Crippen LogP contribution in [-0.2, 0) is 11.2 Å². The summed E-state index contributed by atoms with van der Waals surface area (Å²) >= 11 is 0. The van der Waals surface area contributed by atoms with Gasteiger partial charge in [0.05, 0.1) is 6.04 Å². The summed E-state index contributed by atoms with van der Waals surface area (Å²) in [6, 6.07) is 16.1. The largest absolute Gasteiger partial charge is 0.484 e. The molecule has 21 heavy (non-hydrogen) atoms. The summed E-state index contributed by atoms with van der Waals surface area (Å²) in [5.41, 5.74) is 3.70. The van der Waals surface area contributed by atoms with Crippen molar-refractivity contribution < 1.29 is 9.53 Å². The molecule has 2 aromatic carbocycles. The number of fused-ring (bicyclic) bond motifs is 1. The Morgan fingerprint density at radius 1 is 1.24 bits per heavy atom. The van der Waals surface area contributed by atoms with Crippen LogP contribution >= 0.6 is 0 Å². The molecule has 0 bridgehead atoms. The molecule has 3 nitrogen and oxygen atoms in total. The maximum atomic E-state index is 12.0. The van der Waals surface area contributed by atoms with Crippen molar-refractivity contribution in [1.29, 1.82) is 0 Å². The Morgan fingerprint density at radius 3 is 2.95 bits per heavy atom. The lowest BCUT2D eigenvalue weighted by molar-refractivity contribution is -0.123. The van der Waals surface area contributed by atoms with E-state index in [4.69, 9.17) is 4.74 Å². The lowest BCUT2D eigenvalue weighted by Gasteiger charge is -2.14. The Morgan fingerprint density at radius 2 is 2.10 bits per heavy atom. The van der Waals surface area contributed by atoms with Crippen LogP contribution in [0, 0.1) is 6.92 Å². The molecule has 0 aliphatic heterocycles. The van der Waals surface area contributed by atoms with Crippen LogP contribution in [0.5, 0.6) is 5.75 Å². The summed E-state index contributed by atoms with van der Waals surface area (Å²) in [5.74, 6) is 0.662. The molecule has 0 saturated carbocycles. The molecule has 3 heteroatoms. The molecule has 0 unspecified atom stereocenters. The van der Waals surface area contributed by atoms with Crippen LogP contribution in [0.25, 0.3) is 0 Å². The van der Waals surface area contributed by atoms with Gasteiger partial charge in [0.2, 0.25) is 0 Å². The molecule has 1 atom stereocenters. The van der Waals surface area contributed by atoms with Gasteiger partial charge in [-0.05, 0) is 48.6 Å². The van der Waals surface area contributed by atoms with Crippen LogP contribution in [0.15, 0.2) is 48.5 Å². The van der Waals surface area contributed by atoms with Crippen LogP contribution in [0.2, 0.25) is 0 Å². The van der Waals surface area contributed by atoms with Gasteiger partial charge in [-0.2, -0.15) is 0 Å². The summed E-state index contributed by atoms with van der Waals surface area (Å²) < 4.78 is 5.53. The first-order valence-corrected chi connectivity index (χ1v) is 7.29. The monoisotopic (exact) mass is 281 g/mol. The van der Waals surface area contributed by atoms with Crippen molar-refractivity contribution in [2.75, 3.05) is 6.61 Å². The highest BCUT2D eigenvalue weighted by Gasteiger charge is 2.23. The van der Waals surface area contributed by atoms with Gasteiger partial charge in [0.25, 0.3) is 5.91 Å². The summed E-state index contributed by atoms with van der Waals surface area (Å²) in [6.07, 6.45) is 2.00. The normalized spacial score (nSPS) is 16.3. The number of hydrogen-bond acceptors (Lipinski definition) is 2. The fourth-order valence-corrected chi connectivity index (χ4v) is 2.80. The second-order valence-electron chi connectivity index (χ2n) is 5.46. The van der Waals surface area contributed by atoms with E-state index in [2.05, 4.69) is 17.4 Å². The van der Waals surface area contributed by atoms with Crippen molar-refractivity contribution >= 4 is 5.91 Å². The van der Waals surface area contributed by atoms with Gasteiger partial charge in [-0.25, -0.2) is 0 Å². The predicted octanol–water partition coefficient (Wildman–Crippen LogP) is 3.18. The minimum atomic E-state index is -0.0711. The Kier molecular flexibility index (Phi) is 3.91. The number of carbonyl (C=O) groups is 1. The van der Waals surface area contributed by atoms with E-state index >= 15 is 0 Å². The lowest BCUT2D eigenvalue weighted by Crippen LogP contribution is -2.31. The zero-order valence-corrected chi connectivity index (χ0v) is 12.1. The maximum absolute atomic E-state index is 12.0. The molecule has 0 heterocycles. The number of nitrogens with one attached hydrogen (secondary N) is 1. The van der Waals surface area contributed by atoms with Gasteiger partial charge in [0.1, 0.15) is 5.75 Å². The Labute approximate surface area is 124 Å². The van der Waals surface area contributed by atoms with E-state index in [1.807, 2.05) is 43.3 Å². The number of aryl methyl sites for hydroxylation is 2. The molecule has 0 spiro atoms. The third kappa shape index (κ3) is 3.24. The van der Waals surface area contributed by atoms with Gasteiger partial charge in [-0.1, -0.05) is 36.4 Å². The zero-order valence-electron chi connectivity index (χ0n) is 12.1. The SMILES string of the molecule is Cc1cccc(OCC(=O)N[C@H]2CCc3ccccc32)c1. The van der Waals surface area contributed by atoms with Gasteiger partial charge in [-0.15, -0.1) is 0 Å². The van der Waals surface area contributed by atoms with Gasteiger partial charge >= 0.3 is 0 Å². The van der Waals surface area contributed by atoms with Crippen molar-refractivity contribution in [1.82, 2.24) is 5.32 Å². The van der Waals surface area contributed by atoms with Gasteiger partial charge in [-0.3, -0.25) is 4.79 Å². The molecule has 0 aromatic heterocycles. The lowest BCUT2D eigenvalue weighted by atomic mass is 10.1. The number of rotatable bonds is 4. The summed E-state index contributed by atoms with van der Waals surface area (Å²) in [7, 11) is 0. The molecule has 108 valence electrons. The first-order valence-electron chi connectivity index (χ1n) is 7.29. The average Bonchev–Trinajstić information content (AvgIpc) is 2.89. The van der Waals surface area contributed by atoms with Crippen molar-refractivity contribution in [2.45, 2.75) is 25.8 Å². The van der Waals surface area contributed by atoms with Crippen molar-refractivity contribution in [2.24, 2.45) is 0 Å². The molecular formula is C18H19NO2. The number of amides is 1. The second kappa shape index (κ2) is 6.00. The van der Waals surface area contributed by atoms with E-state index < -0.39 is 0 Å². The molecule has 0 fully saturated rings. The van der Waals surface area contributed by atoms with Crippen LogP contribution in [0.1, 0.15) is 29.2 Å². The topological polar surface area (TPSA) is 38.3 Å². The highest BCUT2D eigenvalue weighted by atomic mass is 16.5. The molecule has 2 aromatic rings. The standard InChI is InChI=1S/C18H19NO2/c1-13-5-4-7-15(11-13)21-12-18(20)19-17-10-9-14-6-2-3-8-16(14)17/h2-8,11,17H,9-10,12H2,1H3,(H,19,20)/t17-/m0/s1. The third-order valence-electron chi connectivity index (χ3n) is 3.83. The third-order valence-corrected chi connectivity index (χ3v) is 3.83. The van der Waals surface area contributed by atoms with Crippen LogP contribution in [0.3, 0.4) is 0 Å². The van der Waals surface area contributed by atoms with Crippen molar-refractivity contribution in [3.63, 3.8) is 0 Å². The predicted molar refractivity (Wildman–Crippen MR) is 82.3 cm³/mol. The van der Waals surface area contributed by atoms with Crippen LogP contribution < -0.4 is 10.1 Å². The van der Waals surface area contributed by atoms with Gasteiger partial charge in [0, 0.05) is 0 Å². The summed E-state index contributed by atoms with van der Waals surface area (Å²) in [4.78, 5) is 12.0. The molecule has 1 N–H and O–H groups in total. The van der Waals surface area contributed by atoms with Crippen molar-refractivity contribution in [3.05, 3.63) is 65.2 Å². The Balaban J connectivity index is 1.56. The van der Waals surface area contributed by atoms with E-state index in [1.165, 1.54) is 11.1 Å². The molecule has 1 aliphatic carbocycles. The zero-order chi connectivity index (χ0) is 14.7. The molecule has 1 amide bonds. The number of benzene rings is 2. The second-order valence-corrected chi connectivity index (χ2v) is 5.46. The summed E-state index contributed by atoms with van der Waals surface area (Å²) in [6.45, 7) is 2.06. The van der Waals surface area contributed by atoms with E-state index in [-0.39, 0.29) is 18.6 Å². The molecular weight excluding hydrogens is 262 g/mol. The molecule has 0 radical (unpaired) electrons. The molecule has 1 aliphatic rings. The Hall–Kier alpha value is -2.29. The van der Waals surface area contributed by atoms with Gasteiger partial charge < -0.3 is 10.1 Å². The highest BCUT2D eigenvalue weighted by molar-refractivity contribution is 5.78.